The van der Waals surface area contributed by atoms with Crippen LogP contribution in [-0.2, 0) is 4.79 Å². The first kappa shape index (κ1) is 15.1. The third kappa shape index (κ3) is 3.24. The van der Waals surface area contributed by atoms with Crippen LogP contribution in [0.5, 0.6) is 5.75 Å². The molecule has 1 aromatic rings. The van der Waals surface area contributed by atoms with E-state index in [4.69, 9.17) is 4.74 Å². The Labute approximate surface area is 121 Å². The Balaban J connectivity index is 2.24. The Kier molecular flexibility index (Phi) is 4.24. The van der Waals surface area contributed by atoms with Crippen LogP contribution in [0.1, 0.15) is 18.5 Å². The summed E-state index contributed by atoms with van der Waals surface area (Å²) in [6.07, 6.45) is -4.41. The second kappa shape index (κ2) is 5.61. The number of halogens is 4. The third-order valence-corrected chi connectivity index (χ3v) is 3.35. The van der Waals surface area contributed by atoms with Gasteiger partial charge in [0.15, 0.2) is 6.61 Å². The van der Waals surface area contributed by atoms with Crippen molar-refractivity contribution in [3.8, 4) is 5.75 Å². The van der Waals surface area contributed by atoms with E-state index in [1.165, 1.54) is 6.07 Å². The van der Waals surface area contributed by atoms with Gasteiger partial charge in [0.05, 0.1) is 4.47 Å². The fourth-order valence-corrected chi connectivity index (χ4v) is 2.41. The van der Waals surface area contributed by atoms with Gasteiger partial charge in [-0.25, -0.2) is 0 Å². The van der Waals surface area contributed by atoms with Gasteiger partial charge in [0.2, 0.25) is 5.91 Å². The molecule has 1 atom stereocenters. The van der Waals surface area contributed by atoms with Crippen molar-refractivity contribution in [1.82, 2.24) is 5.32 Å². The smallest absolute Gasteiger partial charge is 0.422 e. The Morgan fingerprint density at radius 2 is 2.15 bits per heavy atom. The van der Waals surface area contributed by atoms with Gasteiger partial charge in [0, 0.05) is 17.3 Å². The number of amides is 1. The van der Waals surface area contributed by atoms with Gasteiger partial charge in [-0.15, -0.1) is 0 Å². The van der Waals surface area contributed by atoms with Crippen LogP contribution in [0, 0.1) is 0 Å². The molecule has 1 aliphatic rings. The van der Waals surface area contributed by atoms with Crippen molar-refractivity contribution in [3.05, 3.63) is 22.2 Å². The molecule has 20 heavy (non-hydrogen) atoms. The molecule has 4 nitrogen and oxygen atoms in total. The Hall–Kier alpha value is -1.28. The molecule has 0 bridgehead atoms. The number of rotatable bonds is 4. The number of likely N-dealkylation sites (N-methyl/N-ethyl adjacent to an activating group) is 1. The van der Waals surface area contributed by atoms with Gasteiger partial charge in [-0.05, 0) is 28.5 Å². The van der Waals surface area contributed by atoms with E-state index in [1.807, 2.05) is 6.92 Å². The summed E-state index contributed by atoms with van der Waals surface area (Å²) in [5, 5.41) is 5.61. The van der Waals surface area contributed by atoms with E-state index in [9.17, 15) is 18.0 Å². The molecular weight excluding hydrogens is 341 g/mol. The molecule has 1 aromatic carbocycles. The minimum atomic E-state index is -4.41. The molecule has 0 saturated carbocycles. The number of anilines is 1. The maximum absolute atomic E-state index is 12.2. The molecule has 0 fully saturated rings. The molecule has 0 spiro atoms. The van der Waals surface area contributed by atoms with Crippen molar-refractivity contribution in [2.45, 2.75) is 19.1 Å². The van der Waals surface area contributed by atoms with E-state index in [0.717, 1.165) is 0 Å². The van der Waals surface area contributed by atoms with Crippen LogP contribution in [0.15, 0.2) is 16.6 Å². The number of carbonyl (C=O) groups excluding carboxylic acids is 1. The van der Waals surface area contributed by atoms with Crippen LogP contribution < -0.4 is 15.4 Å². The summed E-state index contributed by atoms with van der Waals surface area (Å²) >= 11 is 3.16. The quantitative estimate of drug-likeness (QED) is 0.875. The molecular formula is C12H12BrF3N2O2. The largest absolute Gasteiger partial charge is 0.483 e. The highest BCUT2D eigenvalue weighted by Gasteiger charge is 2.32. The zero-order valence-corrected chi connectivity index (χ0v) is 12.1. The summed E-state index contributed by atoms with van der Waals surface area (Å²) < 4.78 is 41.5. The summed E-state index contributed by atoms with van der Waals surface area (Å²) in [6, 6.07) is 2.48. The maximum atomic E-state index is 12.2. The van der Waals surface area contributed by atoms with E-state index in [-0.39, 0.29) is 11.7 Å². The maximum Gasteiger partial charge on any atom is 0.422 e. The second-order valence-corrected chi connectivity index (χ2v) is 5.11. The molecule has 1 unspecified atom stereocenters. The molecule has 0 saturated heterocycles. The van der Waals surface area contributed by atoms with E-state index < -0.39 is 18.8 Å². The highest BCUT2D eigenvalue weighted by atomic mass is 79.9. The van der Waals surface area contributed by atoms with Gasteiger partial charge in [-0.2, -0.15) is 13.2 Å². The first-order valence-corrected chi connectivity index (χ1v) is 6.68. The van der Waals surface area contributed by atoms with E-state index >= 15 is 0 Å². The topological polar surface area (TPSA) is 50.4 Å². The summed E-state index contributed by atoms with van der Waals surface area (Å²) in [6.45, 7) is 1.08. The monoisotopic (exact) mass is 352 g/mol. The van der Waals surface area contributed by atoms with Gasteiger partial charge < -0.3 is 15.4 Å². The highest BCUT2D eigenvalue weighted by molar-refractivity contribution is 9.10. The van der Waals surface area contributed by atoms with E-state index in [2.05, 4.69) is 26.6 Å². The minimum Gasteiger partial charge on any atom is -0.483 e. The predicted molar refractivity (Wildman–Crippen MR) is 70.7 cm³/mol. The number of benzene rings is 1. The average Bonchev–Trinajstić information content (AvgIpc) is 2.63. The van der Waals surface area contributed by atoms with Gasteiger partial charge in [-0.1, -0.05) is 6.92 Å². The van der Waals surface area contributed by atoms with Crippen molar-refractivity contribution in [2.75, 3.05) is 18.5 Å². The predicted octanol–water partition coefficient (Wildman–Crippen LogP) is 2.99. The molecule has 0 radical (unpaired) electrons. The summed E-state index contributed by atoms with van der Waals surface area (Å²) in [5.41, 5.74) is 1.14. The zero-order valence-electron chi connectivity index (χ0n) is 10.5. The first-order chi connectivity index (χ1) is 9.31. The van der Waals surface area contributed by atoms with Crippen LogP contribution in [0.25, 0.3) is 0 Å². The number of ether oxygens (including phenoxy) is 1. The van der Waals surface area contributed by atoms with Crippen molar-refractivity contribution in [1.29, 1.82) is 0 Å². The van der Waals surface area contributed by atoms with Crippen molar-refractivity contribution >= 4 is 27.5 Å². The molecule has 0 aromatic heterocycles. The number of alkyl halides is 3. The molecule has 2 N–H and O–H groups in total. The minimum absolute atomic E-state index is 0.0403. The molecule has 8 heteroatoms. The van der Waals surface area contributed by atoms with Crippen molar-refractivity contribution in [3.63, 3.8) is 0 Å². The summed E-state index contributed by atoms with van der Waals surface area (Å²) in [5.74, 6) is -0.194. The number of carbonyl (C=O) groups is 1. The molecule has 1 amide bonds. The normalized spacial score (nSPS) is 17.9. The van der Waals surface area contributed by atoms with Crippen LogP contribution in [0.3, 0.4) is 0 Å². The SMILES string of the molecule is CCNC1C(=O)Nc2cc(OCC(F)(F)F)c(Br)cc21. The average molecular weight is 353 g/mol. The Bertz CT molecular complexity index is 534. The lowest BCUT2D eigenvalue weighted by Gasteiger charge is -2.13. The fourth-order valence-electron chi connectivity index (χ4n) is 1.94. The lowest BCUT2D eigenvalue weighted by Crippen LogP contribution is -2.27. The van der Waals surface area contributed by atoms with Crippen molar-refractivity contribution in [2.24, 2.45) is 0 Å². The molecule has 1 aliphatic heterocycles. The van der Waals surface area contributed by atoms with Gasteiger partial charge in [0.1, 0.15) is 11.8 Å². The molecule has 2 rings (SSSR count). The second-order valence-electron chi connectivity index (χ2n) is 4.25. The summed E-state index contributed by atoms with van der Waals surface area (Å²) in [4.78, 5) is 11.8. The lowest BCUT2D eigenvalue weighted by atomic mass is 10.1. The van der Waals surface area contributed by atoms with Crippen LogP contribution in [0.4, 0.5) is 18.9 Å². The van der Waals surface area contributed by atoms with E-state index in [0.29, 0.717) is 22.3 Å². The summed E-state index contributed by atoms with van der Waals surface area (Å²) in [7, 11) is 0. The standard InChI is InChI=1S/C12H12BrF3N2O2/c1-2-17-10-6-3-7(13)9(20-5-12(14,15)16)4-8(6)18-11(10)19/h3-4,10,17H,2,5H2,1H3,(H,18,19). The Morgan fingerprint density at radius 3 is 2.75 bits per heavy atom. The molecule has 0 aliphatic carbocycles. The number of nitrogens with one attached hydrogen (secondary N) is 2. The molecule has 1 heterocycles. The lowest BCUT2D eigenvalue weighted by molar-refractivity contribution is -0.153. The zero-order chi connectivity index (χ0) is 14.9. The fraction of sp³-hybridized carbons (Fsp3) is 0.417. The van der Waals surface area contributed by atoms with Gasteiger partial charge >= 0.3 is 6.18 Å². The van der Waals surface area contributed by atoms with Crippen LogP contribution in [0.2, 0.25) is 0 Å². The highest BCUT2D eigenvalue weighted by Crippen LogP contribution is 2.39. The number of fused-ring (bicyclic) bond motifs is 1. The van der Waals surface area contributed by atoms with Gasteiger partial charge in [0.25, 0.3) is 0 Å². The Morgan fingerprint density at radius 1 is 1.45 bits per heavy atom. The van der Waals surface area contributed by atoms with Crippen molar-refractivity contribution < 1.29 is 22.7 Å². The van der Waals surface area contributed by atoms with E-state index in [1.54, 1.807) is 6.07 Å². The number of hydrogen-bond acceptors (Lipinski definition) is 3. The third-order valence-electron chi connectivity index (χ3n) is 2.73. The van der Waals surface area contributed by atoms with Crippen LogP contribution >= 0.6 is 15.9 Å². The number of hydrogen-bond donors (Lipinski definition) is 2. The first-order valence-electron chi connectivity index (χ1n) is 5.89. The van der Waals surface area contributed by atoms with Crippen LogP contribution in [-0.4, -0.2) is 25.2 Å². The van der Waals surface area contributed by atoms with Gasteiger partial charge in [-0.3, -0.25) is 4.79 Å². The molecule has 110 valence electrons.